The molecule has 0 fully saturated rings. The van der Waals surface area contributed by atoms with Gasteiger partial charge in [-0.25, -0.2) is 0 Å². The summed E-state index contributed by atoms with van der Waals surface area (Å²) in [7, 11) is 0. The predicted octanol–water partition coefficient (Wildman–Crippen LogP) is 4.79. The molecule has 0 spiro atoms. The van der Waals surface area contributed by atoms with Crippen LogP contribution >= 0.6 is 27.5 Å². The molecule has 0 saturated carbocycles. The summed E-state index contributed by atoms with van der Waals surface area (Å²) in [5.41, 5.74) is 1.70. The molecule has 2 nitrogen and oxygen atoms in total. The summed E-state index contributed by atoms with van der Waals surface area (Å²) < 4.78 is 0.975. The summed E-state index contributed by atoms with van der Waals surface area (Å²) in [6.07, 6.45) is 0.463. The first kappa shape index (κ1) is 14.1. The molecule has 2 rings (SSSR count). The van der Waals surface area contributed by atoms with E-state index < -0.39 is 0 Å². The SMILES string of the molecule is O=C(CCNc1ccc(Cl)cc1)c1ccc(Br)cc1. The largest absolute Gasteiger partial charge is 0.385 e. The van der Waals surface area contributed by atoms with Gasteiger partial charge in [-0.05, 0) is 36.4 Å². The summed E-state index contributed by atoms with van der Waals surface area (Å²) in [5.74, 6) is 0.133. The van der Waals surface area contributed by atoms with E-state index in [1.54, 1.807) is 0 Å². The molecule has 0 aliphatic carbocycles. The van der Waals surface area contributed by atoms with Crippen molar-refractivity contribution in [2.24, 2.45) is 0 Å². The number of benzene rings is 2. The van der Waals surface area contributed by atoms with Crippen LogP contribution in [0.2, 0.25) is 5.02 Å². The van der Waals surface area contributed by atoms with Crippen LogP contribution in [0.25, 0.3) is 0 Å². The van der Waals surface area contributed by atoms with Crippen LogP contribution in [0.3, 0.4) is 0 Å². The van der Waals surface area contributed by atoms with Gasteiger partial charge in [0.15, 0.2) is 5.78 Å². The maximum Gasteiger partial charge on any atom is 0.164 e. The molecule has 19 heavy (non-hydrogen) atoms. The molecule has 4 heteroatoms. The Bertz CT molecular complexity index is 551. The second-order valence-electron chi connectivity index (χ2n) is 4.11. The Balaban J connectivity index is 1.84. The average molecular weight is 339 g/mol. The Labute approximate surface area is 125 Å². The molecular weight excluding hydrogens is 326 g/mol. The monoisotopic (exact) mass is 337 g/mol. The summed E-state index contributed by atoms with van der Waals surface area (Å²) in [6, 6.07) is 14.8. The zero-order valence-corrected chi connectivity index (χ0v) is 12.5. The highest BCUT2D eigenvalue weighted by Crippen LogP contribution is 2.14. The third-order valence-corrected chi connectivity index (χ3v) is 3.47. The van der Waals surface area contributed by atoms with Crippen LogP contribution in [-0.4, -0.2) is 12.3 Å². The number of hydrogen-bond donors (Lipinski definition) is 1. The second kappa shape index (κ2) is 6.73. The standard InChI is InChI=1S/C15H13BrClNO/c16-12-3-1-11(2-4-12)15(19)9-10-18-14-7-5-13(17)6-8-14/h1-8,18H,9-10H2. The fourth-order valence-corrected chi connectivity index (χ4v) is 2.06. The summed E-state index contributed by atoms with van der Waals surface area (Å²) in [4.78, 5) is 11.9. The van der Waals surface area contributed by atoms with Crippen molar-refractivity contribution >= 4 is 39.0 Å². The summed E-state index contributed by atoms with van der Waals surface area (Å²) in [5, 5.41) is 3.90. The molecule has 98 valence electrons. The Hall–Kier alpha value is -1.32. The summed E-state index contributed by atoms with van der Waals surface area (Å²) in [6.45, 7) is 0.608. The lowest BCUT2D eigenvalue weighted by Gasteiger charge is -2.06. The van der Waals surface area contributed by atoms with E-state index in [9.17, 15) is 4.79 Å². The van der Waals surface area contributed by atoms with E-state index >= 15 is 0 Å². The van der Waals surface area contributed by atoms with Crippen LogP contribution in [0.5, 0.6) is 0 Å². The van der Waals surface area contributed by atoms with E-state index in [1.807, 2.05) is 48.5 Å². The van der Waals surface area contributed by atoms with Crippen LogP contribution < -0.4 is 5.32 Å². The lowest BCUT2D eigenvalue weighted by molar-refractivity contribution is 0.0986. The first-order chi connectivity index (χ1) is 9.15. The van der Waals surface area contributed by atoms with Crippen molar-refractivity contribution in [3.8, 4) is 0 Å². The highest BCUT2D eigenvalue weighted by molar-refractivity contribution is 9.10. The molecule has 1 N–H and O–H groups in total. The van der Waals surface area contributed by atoms with Crippen molar-refractivity contribution in [2.75, 3.05) is 11.9 Å². The lowest BCUT2D eigenvalue weighted by atomic mass is 10.1. The quantitative estimate of drug-likeness (QED) is 0.794. The van der Waals surface area contributed by atoms with Gasteiger partial charge in [-0.1, -0.05) is 39.7 Å². The molecular formula is C15H13BrClNO. The highest BCUT2D eigenvalue weighted by atomic mass is 79.9. The van der Waals surface area contributed by atoms with E-state index in [1.165, 1.54) is 0 Å². The Morgan fingerprint density at radius 1 is 1.05 bits per heavy atom. The molecule has 0 saturated heterocycles. The molecule has 0 aliphatic rings. The van der Waals surface area contributed by atoms with Crippen LogP contribution in [-0.2, 0) is 0 Å². The molecule has 0 aliphatic heterocycles. The maximum absolute atomic E-state index is 11.9. The van der Waals surface area contributed by atoms with Gasteiger partial charge in [-0.15, -0.1) is 0 Å². The van der Waals surface area contributed by atoms with E-state index in [2.05, 4.69) is 21.2 Å². The minimum Gasteiger partial charge on any atom is -0.385 e. The van der Waals surface area contributed by atoms with Gasteiger partial charge in [-0.2, -0.15) is 0 Å². The van der Waals surface area contributed by atoms with E-state index in [4.69, 9.17) is 11.6 Å². The molecule has 0 radical (unpaired) electrons. The number of hydrogen-bond acceptors (Lipinski definition) is 2. The van der Waals surface area contributed by atoms with E-state index in [-0.39, 0.29) is 5.78 Å². The third-order valence-electron chi connectivity index (χ3n) is 2.69. The summed E-state index contributed by atoms with van der Waals surface area (Å²) >= 11 is 9.15. The number of nitrogens with one attached hydrogen (secondary N) is 1. The molecule has 0 amide bonds. The average Bonchev–Trinajstić information content (AvgIpc) is 2.41. The van der Waals surface area contributed by atoms with Gasteiger partial charge in [0.1, 0.15) is 0 Å². The molecule has 0 heterocycles. The Morgan fingerprint density at radius 2 is 1.68 bits per heavy atom. The van der Waals surface area contributed by atoms with Crippen molar-refractivity contribution in [1.29, 1.82) is 0 Å². The normalized spacial score (nSPS) is 10.2. The first-order valence-corrected chi connectivity index (χ1v) is 7.10. The van der Waals surface area contributed by atoms with Crippen molar-refractivity contribution < 1.29 is 4.79 Å². The van der Waals surface area contributed by atoms with Crippen LogP contribution in [0.4, 0.5) is 5.69 Å². The number of anilines is 1. The fourth-order valence-electron chi connectivity index (χ4n) is 1.67. The molecule has 0 bridgehead atoms. The van der Waals surface area contributed by atoms with Gasteiger partial charge in [0.2, 0.25) is 0 Å². The number of carbonyl (C=O) groups excluding carboxylic acids is 1. The van der Waals surface area contributed by atoms with Gasteiger partial charge in [0, 0.05) is 33.7 Å². The highest BCUT2D eigenvalue weighted by Gasteiger charge is 2.04. The van der Waals surface area contributed by atoms with Crippen molar-refractivity contribution in [3.05, 3.63) is 63.6 Å². The number of carbonyl (C=O) groups is 1. The number of ketones is 1. The van der Waals surface area contributed by atoms with Gasteiger partial charge >= 0.3 is 0 Å². The van der Waals surface area contributed by atoms with Crippen LogP contribution in [0, 0.1) is 0 Å². The topological polar surface area (TPSA) is 29.1 Å². The van der Waals surface area contributed by atoms with Crippen molar-refractivity contribution in [3.63, 3.8) is 0 Å². The first-order valence-electron chi connectivity index (χ1n) is 5.93. The molecule has 0 aromatic heterocycles. The Kier molecular flexibility index (Phi) is 5.00. The second-order valence-corrected chi connectivity index (χ2v) is 5.47. The van der Waals surface area contributed by atoms with Crippen LogP contribution in [0.15, 0.2) is 53.0 Å². The van der Waals surface area contributed by atoms with Gasteiger partial charge in [-0.3, -0.25) is 4.79 Å². The van der Waals surface area contributed by atoms with E-state index in [0.29, 0.717) is 18.0 Å². The van der Waals surface area contributed by atoms with Crippen molar-refractivity contribution in [1.82, 2.24) is 0 Å². The molecule has 2 aromatic carbocycles. The zero-order valence-electron chi connectivity index (χ0n) is 10.2. The molecule has 0 unspecified atom stereocenters. The minimum atomic E-state index is 0.133. The number of Topliss-reactive ketones (excluding diaryl/α,β-unsaturated/α-hetero) is 1. The zero-order chi connectivity index (χ0) is 13.7. The lowest BCUT2D eigenvalue weighted by Crippen LogP contribution is -2.08. The van der Waals surface area contributed by atoms with Crippen LogP contribution in [0.1, 0.15) is 16.8 Å². The van der Waals surface area contributed by atoms with E-state index in [0.717, 1.165) is 15.7 Å². The third kappa shape index (κ3) is 4.37. The van der Waals surface area contributed by atoms with Gasteiger partial charge in [0.25, 0.3) is 0 Å². The van der Waals surface area contributed by atoms with Gasteiger partial charge in [0.05, 0.1) is 0 Å². The fraction of sp³-hybridized carbons (Fsp3) is 0.133. The number of halogens is 2. The molecule has 2 aromatic rings. The minimum absolute atomic E-state index is 0.133. The molecule has 0 atom stereocenters. The maximum atomic E-state index is 11.9. The predicted molar refractivity (Wildman–Crippen MR) is 83.0 cm³/mol. The van der Waals surface area contributed by atoms with Crippen molar-refractivity contribution in [2.45, 2.75) is 6.42 Å². The van der Waals surface area contributed by atoms with Gasteiger partial charge < -0.3 is 5.32 Å². The Morgan fingerprint density at radius 3 is 2.32 bits per heavy atom. The number of rotatable bonds is 5. The smallest absolute Gasteiger partial charge is 0.164 e.